The molecule has 0 fully saturated rings. The Morgan fingerprint density at radius 3 is 2.30 bits per heavy atom. The van der Waals surface area contributed by atoms with E-state index in [1.165, 1.54) is 11.3 Å². The summed E-state index contributed by atoms with van der Waals surface area (Å²) in [6.45, 7) is 5.70. The molecule has 0 saturated heterocycles. The third-order valence-corrected chi connectivity index (χ3v) is 6.07. The highest BCUT2D eigenvalue weighted by molar-refractivity contribution is 7.91. The summed E-state index contributed by atoms with van der Waals surface area (Å²) < 4.78 is 27.9. The SMILES string of the molecule is Cc1ccc(S(=O)(=O)NC(C)(C)Cc2ccccc2)s1. The van der Waals surface area contributed by atoms with E-state index in [-0.39, 0.29) is 0 Å². The van der Waals surface area contributed by atoms with Gasteiger partial charge in [0.05, 0.1) is 0 Å². The number of benzene rings is 1. The van der Waals surface area contributed by atoms with Crippen molar-refractivity contribution in [1.82, 2.24) is 4.72 Å². The van der Waals surface area contributed by atoms with Crippen LogP contribution in [-0.4, -0.2) is 14.0 Å². The molecule has 3 nitrogen and oxygen atoms in total. The summed E-state index contributed by atoms with van der Waals surface area (Å²) in [6, 6.07) is 13.4. The zero-order valence-electron chi connectivity index (χ0n) is 11.9. The summed E-state index contributed by atoms with van der Waals surface area (Å²) in [5, 5.41) is 0. The number of thiophene rings is 1. The molecule has 0 bridgehead atoms. The normalized spacial score (nSPS) is 12.6. The predicted octanol–water partition coefficient (Wildman–Crippen LogP) is 3.36. The molecular formula is C15H19NO2S2. The average molecular weight is 309 g/mol. The largest absolute Gasteiger partial charge is 0.250 e. The van der Waals surface area contributed by atoms with Crippen LogP contribution in [0.3, 0.4) is 0 Å². The van der Waals surface area contributed by atoms with Crippen LogP contribution in [0.5, 0.6) is 0 Å². The van der Waals surface area contributed by atoms with E-state index in [1.807, 2.05) is 57.2 Å². The van der Waals surface area contributed by atoms with Crippen LogP contribution in [-0.2, 0) is 16.4 Å². The van der Waals surface area contributed by atoms with Gasteiger partial charge in [-0.3, -0.25) is 0 Å². The van der Waals surface area contributed by atoms with Crippen LogP contribution in [0.15, 0.2) is 46.7 Å². The van der Waals surface area contributed by atoms with Crippen molar-refractivity contribution in [1.29, 1.82) is 0 Å². The van der Waals surface area contributed by atoms with Crippen LogP contribution in [0.4, 0.5) is 0 Å². The van der Waals surface area contributed by atoms with Gasteiger partial charge < -0.3 is 0 Å². The van der Waals surface area contributed by atoms with Crippen LogP contribution in [0.25, 0.3) is 0 Å². The molecule has 0 unspecified atom stereocenters. The van der Waals surface area contributed by atoms with E-state index in [4.69, 9.17) is 0 Å². The lowest BCUT2D eigenvalue weighted by Crippen LogP contribution is -2.44. The molecule has 0 aliphatic heterocycles. The summed E-state index contributed by atoms with van der Waals surface area (Å²) >= 11 is 1.29. The first-order chi connectivity index (χ1) is 9.28. The van der Waals surface area contributed by atoms with Crippen molar-refractivity contribution in [2.75, 3.05) is 0 Å². The van der Waals surface area contributed by atoms with Gasteiger partial charge >= 0.3 is 0 Å². The molecule has 1 heterocycles. The standard InChI is InChI=1S/C15H19NO2S2/c1-12-9-10-14(19-12)20(17,18)16-15(2,3)11-13-7-5-4-6-8-13/h4-10,16H,11H2,1-3H3. The van der Waals surface area contributed by atoms with Gasteiger partial charge in [-0.25, -0.2) is 13.1 Å². The van der Waals surface area contributed by atoms with E-state index in [0.717, 1.165) is 10.4 Å². The van der Waals surface area contributed by atoms with Gasteiger partial charge in [-0.15, -0.1) is 11.3 Å². The van der Waals surface area contributed by atoms with Crippen LogP contribution in [0, 0.1) is 6.92 Å². The molecule has 1 N–H and O–H groups in total. The van der Waals surface area contributed by atoms with Crippen molar-refractivity contribution in [3.05, 3.63) is 52.9 Å². The molecule has 0 saturated carbocycles. The number of sulfonamides is 1. The lowest BCUT2D eigenvalue weighted by molar-refractivity contribution is 0.451. The van der Waals surface area contributed by atoms with Gasteiger partial charge in [0.25, 0.3) is 10.0 Å². The van der Waals surface area contributed by atoms with E-state index in [9.17, 15) is 8.42 Å². The van der Waals surface area contributed by atoms with Gasteiger partial charge in [0.15, 0.2) is 0 Å². The van der Waals surface area contributed by atoms with E-state index in [1.54, 1.807) is 6.07 Å². The number of rotatable bonds is 5. The molecule has 20 heavy (non-hydrogen) atoms. The number of hydrogen-bond acceptors (Lipinski definition) is 3. The van der Waals surface area contributed by atoms with Gasteiger partial charge in [-0.2, -0.15) is 0 Å². The highest BCUT2D eigenvalue weighted by Crippen LogP contribution is 2.23. The summed E-state index contributed by atoms with van der Waals surface area (Å²) in [5.74, 6) is 0. The Morgan fingerprint density at radius 1 is 1.10 bits per heavy atom. The molecule has 108 valence electrons. The van der Waals surface area contributed by atoms with Crippen molar-refractivity contribution >= 4 is 21.4 Å². The van der Waals surface area contributed by atoms with E-state index < -0.39 is 15.6 Å². The molecule has 1 aromatic carbocycles. The van der Waals surface area contributed by atoms with Crippen LogP contribution in [0.2, 0.25) is 0 Å². The molecular weight excluding hydrogens is 290 g/mol. The Kier molecular flexibility index (Phi) is 4.32. The maximum absolute atomic E-state index is 12.4. The second kappa shape index (κ2) is 5.68. The maximum Gasteiger partial charge on any atom is 0.250 e. The molecule has 5 heteroatoms. The minimum atomic E-state index is -3.45. The van der Waals surface area contributed by atoms with Crippen molar-refractivity contribution in [3.63, 3.8) is 0 Å². The number of hydrogen-bond donors (Lipinski definition) is 1. The summed E-state index contributed by atoms with van der Waals surface area (Å²) in [4.78, 5) is 0.992. The minimum Gasteiger partial charge on any atom is -0.206 e. The Labute approximate surface area is 124 Å². The monoisotopic (exact) mass is 309 g/mol. The smallest absolute Gasteiger partial charge is 0.206 e. The van der Waals surface area contributed by atoms with Gasteiger partial charge in [-0.05, 0) is 44.9 Å². The predicted molar refractivity (Wildman–Crippen MR) is 83.6 cm³/mol. The van der Waals surface area contributed by atoms with Gasteiger partial charge in [0.2, 0.25) is 0 Å². The maximum atomic E-state index is 12.4. The second-order valence-corrected chi connectivity index (χ2v) is 8.71. The first kappa shape index (κ1) is 15.2. The Morgan fingerprint density at radius 2 is 1.75 bits per heavy atom. The molecule has 0 aliphatic carbocycles. The minimum absolute atomic E-state index is 0.371. The highest BCUT2D eigenvalue weighted by atomic mass is 32.2. The Hall–Kier alpha value is -1.17. The topological polar surface area (TPSA) is 46.2 Å². The molecule has 0 amide bonds. The van der Waals surface area contributed by atoms with Gasteiger partial charge in [0.1, 0.15) is 4.21 Å². The summed E-state index contributed by atoms with van der Waals surface area (Å²) in [7, 11) is -3.45. The summed E-state index contributed by atoms with van der Waals surface area (Å²) in [5.41, 5.74) is 0.584. The van der Waals surface area contributed by atoms with Gasteiger partial charge in [0, 0.05) is 10.4 Å². The van der Waals surface area contributed by atoms with Gasteiger partial charge in [-0.1, -0.05) is 30.3 Å². The third-order valence-electron chi connectivity index (χ3n) is 2.88. The molecule has 0 aliphatic rings. The first-order valence-electron chi connectivity index (χ1n) is 6.43. The number of aryl methyl sites for hydroxylation is 1. The number of nitrogens with one attached hydrogen (secondary N) is 1. The van der Waals surface area contributed by atoms with Crippen molar-refractivity contribution < 1.29 is 8.42 Å². The highest BCUT2D eigenvalue weighted by Gasteiger charge is 2.27. The van der Waals surface area contributed by atoms with Crippen molar-refractivity contribution in [2.24, 2.45) is 0 Å². The Bertz CT molecular complexity index is 673. The molecule has 2 rings (SSSR count). The molecule has 1 aromatic heterocycles. The Balaban J connectivity index is 2.15. The summed E-state index contributed by atoms with van der Waals surface area (Å²) in [6.07, 6.45) is 0.650. The lowest BCUT2D eigenvalue weighted by atomic mass is 9.96. The molecule has 0 radical (unpaired) electrons. The van der Waals surface area contributed by atoms with E-state index >= 15 is 0 Å². The molecule has 0 spiro atoms. The van der Waals surface area contributed by atoms with Crippen LogP contribution < -0.4 is 4.72 Å². The van der Waals surface area contributed by atoms with E-state index in [0.29, 0.717) is 10.6 Å². The zero-order valence-corrected chi connectivity index (χ0v) is 13.5. The fourth-order valence-electron chi connectivity index (χ4n) is 2.11. The zero-order chi connectivity index (χ0) is 14.8. The molecule has 0 atom stereocenters. The quantitative estimate of drug-likeness (QED) is 0.920. The average Bonchev–Trinajstić information content (AvgIpc) is 2.76. The first-order valence-corrected chi connectivity index (χ1v) is 8.73. The van der Waals surface area contributed by atoms with Crippen molar-refractivity contribution in [3.8, 4) is 0 Å². The fourth-order valence-corrected chi connectivity index (χ4v) is 4.81. The van der Waals surface area contributed by atoms with Crippen LogP contribution >= 0.6 is 11.3 Å². The van der Waals surface area contributed by atoms with E-state index in [2.05, 4.69) is 4.72 Å². The lowest BCUT2D eigenvalue weighted by Gasteiger charge is -2.25. The van der Waals surface area contributed by atoms with Crippen molar-refractivity contribution in [2.45, 2.75) is 36.9 Å². The molecule has 2 aromatic rings. The fraction of sp³-hybridized carbons (Fsp3) is 0.333. The second-order valence-electron chi connectivity index (χ2n) is 5.52. The third kappa shape index (κ3) is 3.91. The van der Waals surface area contributed by atoms with Crippen LogP contribution in [0.1, 0.15) is 24.3 Å².